The maximum Gasteiger partial charge on any atom is 0.307 e. The molecule has 4 nitrogen and oxygen atoms in total. The van der Waals surface area contributed by atoms with Gasteiger partial charge in [0.1, 0.15) is 0 Å². The van der Waals surface area contributed by atoms with E-state index in [9.17, 15) is 4.79 Å². The van der Waals surface area contributed by atoms with Gasteiger partial charge < -0.3 is 10.0 Å². The molecular formula is C21H26N2O2S. The zero-order chi connectivity index (χ0) is 18.7. The summed E-state index contributed by atoms with van der Waals surface area (Å²) in [4.78, 5) is 14.5. The highest BCUT2D eigenvalue weighted by Crippen LogP contribution is 2.29. The van der Waals surface area contributed by atoms with Gasteiger partial charge in [0.2, 0.25) is 0 Å². The maximum atomic E-state index is 10.9. The summed E-state index contributed by atoms with van der Waals surface area (Å²) < 4.78 is 2.38. The van der Waals surface area contributed by atoms with Crippen molar-refractivity contribution in [2.75, 3.05) is 31.1 Å². The van der Waals surface area contributed by atoms with Gasteiger partial charge in [0.25, 0.3) is 0 Å². The monoisotopic (exact) mass is 370 g/mol. The SMILES string of the molecule is Cc1ccc(N2CCN(Sc3cc(CC(=O)O)ccc3C)CC2)cc1C. The van der Waals surface area contributed by atoms with Crippen LogP contribution < -0.4 is 4.90 Å². The normalized spacial score (nSPS) is 15.3. The highest BCUT2D eigenvalue weighted by molar-refractivity contribution is 7.97. The molecule has 0 atom stereocenters. The van der Waals surface area contributed by atoms with E-state index in [0.29, 0.717) is 0 Å². The smallest absolute Gasteiger partial charge is 0.307 e. The number of carboxylic acids is 1. The van der Waals surface area contributed by atoms with Gasteiger partial charge >= 0.3 is 5.97 Å². The lowest BCUT2D eigenvalue weighted by atomic mass is 10.1. The number of carbonyl (C=O) groups is 1. The molecule has 1 saturated heterocycles. The number of anilines is 1. The number of piperazine rings is 1. The molecule has 0 aliphatic carbocycles. The molecule has 1 N–H and O–H groups in total. The highest BCUT2D eigenvalue weighted by Gasteiger charge is 2.19. The molecule has 5 heteroatoms. The van der Waals surface area contributed by atoms with Crippen LogP contribution in [0.5, 0.6) is 0 Å². The second-order valence-electron chi connectivity index (χ2n) is 6.95. The highest BCUT2D eigenvalue weighted by atomic mass is 32.2. The summed E-state index contributed by atoms with van der Waals surface area (Å²) in [6.07, 6.45) is 0.0778. The molecule has 0 aromatic heterocycles. The average molecular weight is 371 g/mol. The van der Waals surface area contributed by atoms with Crippen LogP contribution in [0.15, 0.2) is 41.3 Å². The summed E-state index contributed by atoms with van der Waals surface area (Å²) in [5, 5.41) is 9.00. The lowest BCUT2D eigenvalue weighted by Crippen LogP contribution is -2.43. The van der Waals surface area contributed by atoms with Crippen LogP contribution in [0.2, 0.25) is 0 Å². The van der Waals surface area contributed by atoms with E-state index >= 15 is 0 Å². The molecule has 0 amide bonds. The quantitative estimate of drug-likeness (QED) is 0.804. The molecule has 2 aromatic rings. The van der Waals surface area contributed by atoms with Gasteiger partial charge in [-0.1, -0.05) is 18.2 Å². The second-order valence-corrected chi connectivity index (χ2v) is 8.09. The van der Waals surface area contributed by atoms with Crippen molar-refractivity contribution in [1.29, 1.82) is 0 Å². The van der Waals surface area contributed by atoms with E-state index in [4.69, 9.17) is 5.11 Å². The lowest BCUT2D eigenvalue weighted by molar-refractivity contribution is -0.136. The van der Waals surface area contributed by atoms with Gasteiger partial charge in [0, 0.05) is 36.8 Å². The third kappa shape index (κ3) is 4.59. The van der Waals surface area contributed by atoms with Crippen LogP contribution in [0.25, 0.3) is 0 Å². The van der Waals surface area contributed by atoms with Crippen molar-refractivity contribution in [3.05, 3.63) is 58.7 Å². The first-order valence-corrected chi connectivity index (χ1v) is 9.76. The Bertz CT molecular complexity index is 799. The van der Waals surface area contributed by atoms with Crippen molar-refractivity contribution in [1.82, 2.24) is 4.31 Å². The van der Waals surface area contributed by atoms with Crippen molar-refractivity contribution in [2.45, 2.75) is 32.1 Å². The average Bonchev–Trinajstić information content (AvgIpc) is 2.60. The maximum absolute atomic E-state index is 10.9. The predicted octanol–water partition coefficient (Wildman–Crippen LogP) is 4.07. The Morgan fingerprint density at radius 2 is 1.65 bits per heavy atom. The molecule has 0 spiro atoms. The predicted molar refractivity (Wildman–Crippen MR) is 108 cm³/mol. The minimum Gasteiger partial charge on any atom is -0.481 e. The Labute approximate surface area is 160 Å². The molecule has 1 fully saturated rings. The van der Waals surface area contributed by atoms with Crippen LogP contribution in [0.4, 0.5) is 5.69 Å². The molecule has 2 aromatic carbocycles. The van der Waals surface area contributed by atoms with Crippen molar-refractivity contribution in [3.8, 4) is 0 Å². The van der Waals surface area contributed by atoms with Crippen LogP contribution >= 0.6 is 11.9 Å². The number of hydrogen-bond acceptors (Lipinski definition) is 4. The van der Waals surface area contributed by atoms with Gasteiger partial charge in [-0.3, -0.25) is 4.79 Å². The van der Waals surface area contributed by atoms with Crippen LogP contribution in [-0.2, 0) is 11.2 Å². The number of nitrogens with zero attached hydrogens (tertiary/aromatic N) is 2. The Kier molecular flexibility index (Phi) is 5.89. The molecule has 0 unspecified atom stereocenters. The fraction of sp³-hybridized carbons (Fsp3) is 0.381. The van der Waals surface area contributed by atoms with E-state index < -0.39 is 5.97 Å². The third-order valence-corrected chi connectivity index (χ3v) is 6.19. The van der Waals surface area contributed by atoms with Crippen molar-refractivity contribution >= 4 is 23.6 Å². The second kappa shape index (κ2) is 8.14. The Morgan fingerprint density at radius 1 is 0.962 bits per heavy atom. The first-order valence-electron chi connectivity index (χ1n) is 8.99. The fourth-order valence-corrected chi connectivity index (χ4v) is 4.17. The third-order valence-electron chi connectivity index (χ3n) is 4.93. The molecule has 0 radical (unpaired) electrons. The van der Waals surface area contributed by atoms with E-state index in [1.54, 1.807) is 11.9 Å². The molecule has 0 saturated carbocycles. The zero-order valence-corrected chi connectivity index (χ0v) is 16.5. The van der Waals surface area contributed by atoms with Crippen LogP contribution in [0, 0.1) is 20.8 Å². The molecule has 1 aliphatic heterocycles. The summed E-state index contributed by atoms with van der Waals surface area (Å²) in [7, 11) is 0. The topological polar surface area (TPSA) is 43.8 Å². The summed E-state index contributed by atoms with van der Waals surface area (Å²) in [5.74, 6) is -0.785. The van der Waals surface area contributed by atoms with Crippen molar-refractivity contribution < 1.29 is 9.90 Å². The number of aryl methyl sites for hydroxylation is 3. The van der Waals surface area contributed by atoms with Crippen molar-refractivity contribution in [2.24, 2.45) is 0 Å². The molecule has 138 valence electrons. The molecule has 3 rings (SSSR count). The first-order chi connectivity index (χ1) is 12.4. The van der Waals surface area contributed by atoms with Gasteiger partial charge in [-0.15, -0.1) is 0 Å². The molecular weight excluding hydrogens is 344 g/mol. The van der Waals surface area contributed by atoms with E-state index in [2.05, 4.69) is 48.2 Å². The molecule has 26 heavy (non-hydrogen) atoms. The van der Waals surface area contributed by atoms with E-state index in [1.807, 2.05) is 18.2 Å². The van der Waals surface area contributed by atoms with Crippen LogP contribution in [0.1, 0.15) is 22.3 Å². The summed E-state index contributed by atoms with van der Waals surface area (Å²) in [6.45, 7) is 10.4. The summed E-state index contributed by atoms with van der Waals surface area (Å²) >= 11 is 1.75. The van der Waals surface area contributed by atoms with Gasteiger partial charge in [-0.2, -0.15) is 0 Å². The lowest BCUT2D eigenvalue weighted by Gasteiger charge is -2.35. The number of benzene rings is 2. The van der Waals surface area contributed by atoms with Crippen molar-refractivity contribution in [3.63, 3.8) is 0 Å². The number of rotatable bonds is 5. The molecule has 0 bridgehead atoms. The number of carboxylic acid groups (broad SMARTS) is 1. The van der Waals surface area contributed by atoms with Gasteiger partial charge in [0.15, 0.2) is 0 Å². The molecule has 1 aliphatic rings. The molecule has 1 heterocycles. The minimum absolute atomic E-state index is 0.0778. The van der Waals surface area contributed by atoms with Gasteiger partial charge in [-0.25, -0.2) is 4.31 Å². The van der Waals surface area contributed by atoms with Gasteiger partial charge in [-0.05, 0) is 73.2 Å². The zero-order valence-electron chi connectivity index (χ0n) is 15.7. The number of hydrogen-bond donors (Lipinski definition) is 1. The van der Waals surface area contributed by atoms with E-state index in [0.717, 1.165) is 36.6 Å². The number of aliphatic carboxylic acids is 1. The van der Waals surface area contributed by atoms with E-state index in [1.165, 1.54) is 22.4 Å². The Hall–Kier alpha value is -1.98. The first kappa shape index (κ1) is 18.8. The van der Waals surface area contributed by atoms with Gasteiger partial charge in [0.05, 0.1) is 6.42 Å². The standard InChI is InChI=1S/C21H26N2O2S/c1-15-5-7-19(12-17(15)3)22-8-10-23(11-9-22)26-20-13-18(14-21(24)25)6-4-16(20)2/h4-7,12-13H,8-11,14H2,1-3H3,(H,24,25). The minimum atomic E-state index is -0.785. The largest absolute Gasteiger partial charge is 0.481 e. The van der Waals surface area contributed by atoms with Crippen LogP contribution in [0.3, 0.4) is 0 Å². The fourth-order valence-electron chi connectivity index (χ4n) is 3.13. The Morgan fingerprint density at radius 3 is 2.31 bits per heavy atom. The Balaban J connectivity index is 1.62. The van der Waals surface area contributed by atoms with E-state index in [-0.39, 0.29) is 6.42 Å². The summed E-state index contributed by atoms with van der Waals surface area (Å²) in [5.41, 5.74) is 6.03. The van der Waals surface area contributed by atoms with Crippen LogP contribution in [-0.4, -0.2) is 41.6 Å². The summed E-state index contributed by atoms with van der Waals surface area (Å²) in [6, 6.07) is 12.6.